The van der Waals surface area contributed by atoms with E-state index in [-0.39, 0.29) is 0 Å². The van der Waals surface area contributed by atoms with E-state index in [0.717, 1.165) is 33.2 Å². The molecule has 0 aliphatic rings. The molecule has 16 heavy (non-hydrogen) atoms. The lowest BCUT2D eigenvalue weighted by Gasteiger charge is -2.02. The van der Waals surface area contributed by atoms with Crippen LogP contribution in [0, 0.1) is 0 Å². The molecule has 0 aliphatic carbocycles. The first-order valence-corrected chi connectivity index (χ1v) is 6.18. The van der Waals surface area contributed by atoms with Gasteiger partial charge in [-0.05, 0) is 47.6 Å². The molecule has 4 heteroatoms. The minimum atomic E-state index is 0.643. The van der Waals surface area contributed by atoms with Crippen LogP contribution in [-0.2, 0) is 6.42 Å². The third-order valence-corrected chi connectivity index (χ3v) is 3.39. The number of ether oxygens (including phenoxy) is 1. The van der Waals surface area contributed by atoms with Crippen LogP contribution in [0.25, 0.3) is 10.9 Å². The Morgan fingerprint density at radius 2 is 2.25 bits per heavy atom. The predicted octanol–water partition coefficient (Wildman–Crippen LogP) is 2.83. The lowest BCUT2D eigenvalue weighted by atomic mass is 10.2. The number of nitrogens with one attached hydrogen (secondary N) is 1. The fraction of sp³-hybridized carbons (Fsp3) is 0.333. The average molecular weight is 283 g/mol. The number of hydrogen-bond donors (Lipinski definition) is 2. The van der Waals surface area contributed by atoms with Crippen molar-refractivity contribution in [3.05, 3.63) is 28.4 Å². The summed E-state index contributed by atoms with van der Waals surface area (Å²) < 4.78 is 6.57. The molecule has 0 radical (unpaired) electrons. The van der Waals surface area contributed by atoms with Gasteiger partial charge in [0.15, 0.2) is 0 Å². The van der Waals surface area contributed by atoms with Gasteiger partial charge in [0.1, 0.15) is 5.75 Å². The van der Waals surface area contributed by atoms with Gasteiger partial charge in [0.05, 0.1) is 6.61 Å². The molecule has 1 aromatic heterocycles. The van der Waals surface area contributed by atoms with Gasteiger partial charge in [-0.3, -0.25) is 0 Å². The van der Waals surface area contributed by atoms with E-state index in [2.05, 4.69) is 20.9 Å². The van der Waals surface area contributed by atoms with Crippen molar-refractivity contribution in [3.8, 4) is 5.75 Å². The maximum atomic E-state index is 5.56. The second kappa shape index (κ2) is 4.89. The van der Waals surface area contributed by atoms with Crippen molar-refractivity contribution in [2.24, 2.45) is 5.73 Å². The SMILES string of the molecule is CCOc1ccc2[nH]c(CCN)c(Br)c2c1. The summed E-state index contributed by atoms with van der Waals surface area (Å²) >= 11 is 3.60. The zero-order valence-electron chi connectivity index (χ0n) is 9.22. The summed E-state index contributed by atoms with van der Waals surface area (Å²) in [6.45, 7) is 3.31. The van der Waals surface area contributed by atoms with Gasteiger partial charge >= 0.3 is 0 Å². The van der Waals surface area contributed by atoms with Crippen molar-refractivity contribution in [3.63, 3.8) is 0 Å². The van der Waals surface area contributed by atoms with Gasteiger partial charge in [0.25, 0.3) is 0 Å². The highest BCUT2D eigenvalue weighted by Gasteiger charge is 2.09. The van der Waals surface area contributed by atoms with Crippen LogP contribution in [-0.4, -0.2) is 18.1 Å². The fourth-order valence-electron chi connectivity index (χ4n) is 1.77. The molecule has 0 amide bonds. The van der Waals surface area contributed by atoms with Crippen LogP contribution in [0.5, 0.6) is 5.75 Å². The quantitative estimate of drug-likeness (QED) is 0.906. The lowest BCUT2D eigenvalue weighted by Crippen LogP contribution is -2.03. The topological polar surface area (TPSA) is 51.0 Å². The first kappa shape index (κ1) is 11.5. The van der Waals surface area contributed by atoms with Crippen molar-refractivity contribution in [1.82, 2.24) is 4.98 Å². The summed E-state index contributed by atoms with van der Waals surface area (Å²) in [6.07, 6.45) is 0.846. The Morgan fingerprint density at radius 1 is 1.44 bits per heavy atom. The van der Waals surface area contributed by atoms with Crippen LogP contribution in [0.3, 0.4) is 0 Å². The van der Waals surface area contributed by atoms with E-state index >= 15 is 0 Å². The Hall–Kier alpha value is -1.00. The number of halogens is 1. The third-order valence-electron chi connectivity index (χ3n) is 2.48. The van der Waals surface area contributed by atoms with Crippen LogP contribution in [0.4, 0.5) is 0 Å². The zero-order chi connectivity index (χ0) is 11.5. The molecule has 0 aliphatic heterocycles. The Balaban J connectivity index is 2.46. The maximum Gasteiger partial charge on any atom is 0.120 e. The highest BCUT2D eigenvalue weighted by molar-refractivity contribution is 9.10. The Kier molecular flexibility index (Phi) is 3.51. The molecule has 2 aromatic rings. The molecule has 0 spiro atoms. The van der Waals surface area contributed by atoms with E-state index in [1.807, 2.05) is 25.1 Å². The number of H-pyrrole nitrogens is 1. The molecule has 86 valence electrons. The molecule has 0 saturated carbocycles. The van der Waals surface area contributed by atoms with E-state index in [0.29, 0.717) is 13.2 Å². The lowest BCUT2D eigenvalue weighted by molar-refractivity contribution is 0.340. The summed E-state index contributed by atoms with van der Waals surface area (Å²) in [4.78, 5) is 3.35. The number of rotatable bonds is 4. The largest absolute Gasteiger partial charge is 0.494 e. The van der Waals surface area contributed by atoms with Crippen molar-refractivity contribution in [2.45, 2.75) is 13.3 Å². The van der Waals surface area contributed by atoms with Crippen LogP contribution in [0.2, 0.25) is 0 Å². The molecule has 0 bridgehead atoms. The van der Waals surface area contributed by atoms with Crippen LogP contribution < -0.4 is 10.5 Å². The number of nitrogens with two attached hydrogens (primary N) is 1. The molecule has 0 unspecified atom stereocenters. The van der Waals surface area contributed by atoms with Gasteiger partial charge in [-0.1, -0.05) is 0 Å². The molecular weight excluding hydrogens is 268 g/mol. The smallest absolute Gasteiger partial charge is 0.120 e. The van der Waals surface area contributed by atoms with Crippen LogP contribution in [0.15, 0.2) is 22.7 Å². The Morgan fingerprint density at radius 3 is 2.94 bits per heavy atom. The molecule has 0 atom stereocenters. The van der Waals surface area contributed by atoms with Gasteiger partial charge in [-0.25, -0.2) is 0 Å². The maximum absolute atomic E-state index is 5.56. The fourth-order valence-corrected chi connectivity index (χ4v) is 2.39. The van der Waals surface area contributed by atoms with Crippen LogP contribution in [0.1, 0.15) is 12.6 Å². The van der Waals surface area contributed by atoms with E-state index < -0.39 is 0 Å². The first-order chi connectivity index (χ1) is 7.76. The minimum Gasteiger partial charge on any atom is -0.494 e. The summed E-state index contributed by atoms with van der Waals surface area (Å²) in [5, 5.41) is 1.15. The molecule has 2 rings (SSSR count). The highest BCUT2D eigenvalue weighted by Crippen LogP contribution is 2.30. The molecule has 3 nitrogen and oxygen atoms in total. The van der Waals surface area contributed by atoms with Crippen molar-refractivity contribution < 1.29 is 4.74 Å². The number of benzene rings is 1. The molecule has 0 fully saturated rings. The second-order valence-electron chi connectivity index (χ2n) is 3.60. The standard InChI is InChI=1S/C12H15BrN2O/c1-2-16-8-3-4-10-9(7-8)12(13)11(15-10)5-6-14/h3-4,7,15H,2,5-6,14H2,1H3. The predicted molar refractivity (Wildman–Crippen MR) is 69.9 cm³/mol. The Bertz CT molecular complexity index is 493. The number of aromatic amines is 1. The van der Waals surface area contributed by atoms with Crippen molar-refractivity contribution in [1.29, 1.82) is 0 Å². The van der Waals surface area contributed by atoms with Gasteiger partial charge in [-0.2, -0.15) is 0 Å². The van der Waals surface area contributed by atoms with Gasteiger partial charge in [-0.15, -0.1) is 0 Å². The summed E-state index contributed by atoms with van der Waals surface area (Å²) in [7, 11) is 0. The number of fused-ring (bicyclic) bond motifs is 1. The monoisotopic (exact) mass is 282 g/mol. The number of aromatic nitrogens is 1. The Labute approximate surface area is 103 Å². The number of hydrogen-bond acceptors (Lipinski definition) is 2. The highest BCUT2D eigenvalue weighted by atomic mass is 79.9. The van der Waals surface area contributed by atoms with E-state index in [4.69, 9.17) is 10.5 Å². The van der Waals surface area contributed by atoms with Gasteiger partial charge in [0.2, 0.25) is 0 Å². The second-order valence-corrected chi connectivity index (χ2v) is 4.39. The van der Waals surface area contributed by atoms with Crippen molar-refractivity contribution >= 4 is 26.8 Å². The van der Waals surface area contributed by atoms with Gasteiger partial charge in [0, 0.05) is 27.5 Å². The van der Waals surface area contributed by atoms with E-state index in [1.165, 1.54) is 0 Å². The zero-order valence-corrected chi connectivity index (χ0v) is 10.8. The van der Waals surface area contributed by atoms with E-state index in [1.54, 1.807) is 0 Å². The molecule has 0 saturated heterocycles. The summed E-state index contributed by atoms with van der Waals surface area (Å²) in [5.41, 5.74) is 7.82. The minimum absolute atomic E-state index is 0.643. The van der Waals surface area contributed by atoms with Crippen molar-refractivity contribution in [2.75, 3.05) is 13.2 Å². The molecular formula is C12H15BrN2O. The molecule has 1 heterocycles. The van der Waals surface area contributed by atoms with E-state index in [9.17, 15) is 0 Å². The van der Waals surface area contributed by atoms with Crippen LogP contribution >= 0.6 is 15.9 Å². The van der Waals surface area contributed by atoms with Gasteiger partial charge < -0.3 is 15.5 Å². The summed E-state index contributed by atoms with van der Waals surface area (Å²) in [5.74, 6) is 0.897. The average Bonchev–Trinajstić information content (AvgIpc) is 2.58. The summed E-state index contributed by atoms with van der Waals surface area (Å²) in [6, 6.07) is 6.05. The normalized spacial score (nSPS) is 10.9. The first-order valence-electron chi connectivity index (χ1n) is 5.39. The third kappa shape index (κ3) is 2.08. The molecule has 1 aromatic carbocycles. The molecule has 3 N–H and O–H groups in total.